The molecule has 2 aliphatic heterocycles. The second-order valence-corrected chi connectivity index (χ2v) is 9.69. The molecule has 5 N–H and O–H groups in total. The van der Waals surface area contributed by atoms with Crippen LogP contribution in [0.25, 0.3) is 6.08 Å². The molecular weight excluding hydrogens is 487 g/mol. The topological polar surface area (TPSA) is 171 Å². The van der Waals surface area contributed by atoms with E-state index >= 15 is 0 Å². The number of carbonyl (C=O) groups excluding carboxylic acids is 2. The van der Waals surface area contributed by atoms with Gasteiger partial charge < -0.3 is 26.3 Å². The number of aromatic nitrogens is 2. The number of thioether (sulfide) groups is 1. The fraction of sp³-hybridized carbons (Fsp3) is 0.294. The van der Waals surface area contributed by atoms with Crippen LogP contribution in [-0.4, -0.2) is 89.1 Å². The Morgan fingerprint density at radius 2 is 2.22 bits per heavy atom. The summed E-state index contributed by atoms with van der Waals surface area (Å²) in [6, 6.07) is 0. The number of rotatable bonds is 6. The van der Waals surface area contributed by atoms with Gasteiger partial charge in [0.05, 0.1) is 29.4 Å². The molecule has 4 rings (SSSR count). The Labute approximate surface area is 216 Å². The quantitative estimate of drug-likeness (QED) is 0.188. The number of fused-ring (bicyclic) bond motifs is 1. The molecule has 2 aromatic heterocycles. The summed E-state index contributed by atoms with van der Waals surface area (Å²) in [5.74, 6) is -2.24. The van der Waals surface area contributed by atoms with E-state index in [1.54, 1.807) is 17.1 Å². The van der Waals surface area contributed by atoms with E-state index in [1.807, 2.05) is 0 Å². The van der Waals surface area contributed by atoms with Crippen molar-refractivity contribution in [2.24, 2.45) is 10.6 Å². The maximum absolute atomic E-state index is 12.8. The summed E-state index contributed by atoms with van der Waals surface area (Å²) in [5.41, 5.74) is 5.61. The molecule has 0 bridgehead atoms. The van der Waals surface area contributed by atoms with Gasteiger partial charge in [0.15, 0.2) is 10.5 Å². The second-order valence-electron chi connectivity index (χ2n) is 6.72. The van der Waals surface area contributed by atoms with Crippen molar-refractivity contribution in [1.29, 1.82) is 0 Å². The molecule has 2 amide bonds. The number of nitrogen functional groups attached to an aromatic ring is 1. The van der Waals surface area contributed by atoms with Crippen LogP contribution < -0.4 is 11.1 Å². The number of nitrogens with one attached hydrogen (secondary N) is 1. The molecule has 0 spiro atoms. The van der Waals surface area contributed by atoms with Crippen molar-refractivity contribution in [3.63, 3.8) is 0 Å². The Morgan fingerprint density at radius 3 is 2.78 bits per heavy atom. The fourth-order valence-corrected chi connectivity index (χ4v) is 5.82. The van der Waals surface area contributed by atoms with Crippen LogP contribution in [0, 0.1) is 5.41 Å². The van der Waals surface area contributed by atoms with Gasteiger partial charge in [-0.15, -0.1) is 22.7 Å². The monoisotopic (exact) mass is 504 g/mol. The van der Waals surface area contributed by atoms with Gasteiger partial charge in [-0.25, -0.2) is 4.98 Å². The number of hydrogen-bond donors (Lipinski definition) is 4. The third-order valence-corrected chi connectivity index (χ3v) is 7.65. The molecule has 0 saturated carbocycles. The normalized spacial score (nSPS) is 25.8. The summed E-state index contributed by atoms with van der Waals surface area (Å²) in [6.07, 6.45) is 3.08. The molecule has 2 aliphatic rings. The molecule has 2 fully saturated rings. The van der Waals surface area contributed by atoms with Crippen molar-refractivity contribution in [2.75, 3.05) is 5.73 Å². The predicted molar refractivity (Wildman–Crippen MR) is 123 cm³/mol. The van der Waals surface area contributed by atoms with Crippen molar-refractivity contribution >= 4 is 98.0 Å². The molecular formula is C17H17N6NaO5S3. The SMILES string of the molecule is Nc1nc(CC(=O)NC2N3C(=O)C[C@H]3SC(=NO)C2(C=Cc2cncs2)C(=O)O)cs1.[NaH]. The molecule has 4 heterocycles. The van der Waals surface area contributed by atoms with E-state index in [0.29, 0.717) is 15.7 Å². The standard InChI is InChI=1S/C17H16N6O5S3.Na.H/c18-16-20-8(6-29-16)3-10(24)21-13-17(15(26)27,2-1-9-5-19-7-30-9)14(22-28)31-12-4-11(25)23(12)13;;/h1-2,5-7,12-13,28H,3-4H2,(H2,18,20)(H,21,24)(H,26,27);;/t12-,13?,17?;;/m1../s1. The van der Waals surface area contributed by atoms with Gasteiger partial charge in [0.2, 0.25) is 11.8 Å². The summed E-state index contributed by atoms with van der Waals surface area (Å²) in [4.78, 5) is 47.6. The zero-order valence-corrected chi connectivity index (χ0v) is 18.1. The van der Waals surface area contributed by atoms with Crippen LogP contribution in [0.3, 0.4) is 0 Å². The number of hydrogen-bond acceptors (Lipinski definition) is 11. The Balaban J connectivity index is 0.00000289. The third kappa shape index (κ3) is 4.43. The van der Waals surface area contributed by atoms with Gasteiger partial charge in [0.1, 0.15) is 11.2 Å². The molecule has 0 aromatic carbocycles. The van der Waals surface area contributed by atoms with Crippen LogP contribution >= 0.6 is 34.4 Å². The van der Waals surface area contributed by atoms with E-state index in [1.165, 1.54) is 39.7 Å². The average Bonchev–Trinajstić information content (AvgIpc) is 3.37. The number of carboxylic acid groups (broad SMARTS) is 1. The van der Waals surface area contributed by atoms with Crippen molar-refractivity contribution in [3.05, 3.63) is 33.7 Å². The van der Waals surface area contributed by atoms with Crippen molar-refractivity contribution in [2.45, 2.75) is 24.4 Å². The molecule has 3 atom stereocenters. The summed E-state index contributed by atoms with van der Waals surface area (Å²) in [6.45, 7) is 0. The number of amides is 2. The van der Waals surface area contributed by atoms with Crippen molar-refractivity contribution < 1.29 is 24.7 Å². The Bertz CT molecular complexity index is 1090. The van der Waals surface area contributed by atoms with E-state index < -0.39 is 28.8 Å². The summed E-state index contributed by atoms with van der Waals surface area (Å²) < 4.78 is 0. The number of β-lactam (4-membered cyclic amide) rings is 1. The number of carboxylic acids is 1. The van der Waals surface area contributed by atoms with Gasteiger partial charge in [-0.1, -0.05) is 23.0 Å². The Hall–Kier alpha value is -1.97. The van der Waals surface area contributed by atoms with Gasteiger partial charge in [-0.3, -0.25) is 19.4 Å². The minimum atomic E-state index is -1.99. The Kier molecular flexibility index (Phi) is 7.62. The van der Waals surface area contributed by atoms with E-state index in [2.05, 4.69) is 20.4 Å². The van der Waals surface area contributed by atoms with Crippen LogP contribution in [0.1, 0.15) is 17.0 Å². The molecule has 2 aromatic rings. The zero-order chi connectivity index (χ0) is 22.2. The predicted octanol–water partition coefficient (Wildman–Crippen LogP) is 0.395. The van der Waals surface area contributed by atoms with Gasteiger partial charge in [0, 0.05) is 16.5 Å². The number of nitrogens with two attached hydrogens (primary N) is 1. The first-order chi connectivity index (χ1) is 14.8. The molecule has 2 saturated heterocycles. The molecule has 32 heavy (non-hydrogen) atoms. The number of nitrogens with zero attached hydrogens (tertiary/aromatic N) is 4. The molecule has 11 nitrogen and oxygen atoms in total. The van der Waals surface area contributed by atoms with E-state index in [0.717, 1.165) is 11.8 Å². The van der Waals surface area contributed by atoms with Gasteiger partial charge >= 0.3 is 35.5 Å². The zero-order valence-electron chi connectivity index (χ0n) is 15.7. The summed E-state index contributed by atoms with van der Waals surface area (Å²) in [7, 11) is 0. The van der Waals surface area contributed by atoms with Crippen molar-refractivity contribution in [3.8, 4) is 0 Å². The molecule has 15 heteroatoms. The molecule has 2 unspecified atom stereocenters. The first kappa shape index (κ1) is 24.7. The second kappa shape index (κ2) is 9.89. The summed E-state index contributed by atoms with van der Waals surface area (Å²) in [5, 5.41) is 27.1. The van der Waals surface area contributed by atoms with Crippen molar-refractivity contribution in [1.82, 2.24) is 20.2 Å². The number of aliphatic carboxylic acids is 1. The van der Waals surface area contributed by atoms with Crippen LogP contribution in [0.2, 0.25) is 0 Å². The van der Waals surface area contributed by atoms with Crippen LogP contribution in [0.5, 0.6) is 0 Å². The van der Waals surface area contributed by atoms with Crippen LogP contribution in [0.4, 0.5) is 5.13 Å². The maximum atomic E-state index is 12.8. The van der Waals surface area contributed by atoms with E-state index in [9.17, 15) is 24.7 Å². The minimum absolute atomic E-state index is 0. The first-order valence-electron chi connectivity index (χ1n) is 8.86. The average molecular weight is 505 g/mol. The van der Waals surface area contributed by atoms with E-state index in [-0.39, 0.29) is 53.3 Å². The number of thiazole rings is 2. The van der Waals surface area contributed by atoms with Crippen LogP contribution in [0.15, 0.2) is 28.3 Å². The number of oxime groups is 1. The molecule has 164 valence electrons. The van der Waals surface area contributed by atoms with E-state index in [4.69, 9.17) is 5.73 Å². The van der Waals surface area contributed by atoms with Gasteiger partial charge in [-0.2, -0.15) is 0 Å². The third-order valence-electron chi connectivity index (χ3n) is 4.87. The molecule has 0 radical (unpaired) electrons. The van der Waals surface area contributed by atoms with Gasteiger partial charge in [-0.05, 0) is 6.08 Å². The van der Waals surface area contributed by atoms with Gasteiger partial charge in [0.25, 0.3) is 0 Å². The fourth-order valence-electron chi connectivity index (χ4n) is 3.40. The number of anilines is 1. The molecule has 0 aliphatic carbocycles. The van der Waals surface area contributed by atoms with Crippen LogP contribution in [-0.2, 0) is 20.8 Å². The summed E-state index contributed by atoms with van der Waals surface area (Å²) >= 11 is 3.43. The first-order valence-corrected chi connectivity index (χ1v) is 11.5. The number of carbonyl (C=O) groups is 3. The Morgan fingerprint density at radius 1 is 1.44 bits per heavy atom.